The minimum Gasteiger partial charge on any atom is -0.351 e. The van der Waals surface area contributed by atoms with Crippen LogP contribution in [0.5, 0.6) is 0 Å². The smallest absolute Gasteiger partial charge is 0.223 e. The van der Waals surface area contributed by atoms with E-state index in [1.807, 2.05) is 0 Å². The molecule has 3 aliphatic rings. The molecule has 3 fully saturated rings. The molecule has 20 heavy (non-hydrogen) atoms. The molecule has 2 unspecified atom stereocenters. The molecular weight excluding hydrogens is 286 g/mol. The summed E-state index contributed by atoms with van der Waals surface area (Å²) in [5.74, 6) is 4.73. The van der Waals surface area contributed by atoms with Crippen LogP contribution < -0.4 is 5.32 Å². The highest BCUT2D eigenvalue weighted by Gasteiger charge is 2.55. The van der Waals surface area contributed by atoms with E-state index in [9.17, 15) is 4.79 Å². The van der Waals surface area contributed by atoms with Gasteiger partial charge in [0.15, 0.2) is 0 Å². The first-order valence-corrected chi connectivity index (χ1v) is 9.98. The first kappa shape index (κ1) is 15.1. The van der Waals surface area contributed by atoms with Gasteiger partial charge in [-0.1, -0.05) is 6.42 Å². The van der Waals surface area contributed by atoms with Gasteiger partial charge in [0.05, 0.1) is 4.08 Å². The fraction of sp³-hybridized carbons (Fsp3) is 0.938. The number of nitrogens with one attached hydrogen (secondary N) is 1. The van der Waals surface area contributed by atoms with Crippen LogP contribution in [0.4, 0.5) is 0 Å². The quantitative estimate of drug-likeness (QED) is 0.796. The molecule has 1 heterocycles. The standard InChI is InChI=1S/C16H27NOS2/c1-15(2,3)17-14(18)11-9-12-5-4-6-13(10-11)16(12)19-7-8-20-16/h11-13H,4-10H2,1-3H3,(H,17,18). The van der Waals surface area contributed by atoms with Crippen molar-refractivity contribution in [2.45, 2.75) is 62.5 Å². The molecule has 2 nitrogen and oxygen atoms in total. The van der Waals surface area contributed by atoms with Crippen LogP contribution >= 0.6 is 23.5 Å². The van der Waals surface area contributed by atoms with Crippen molar-refractivity contribution in [2.75, 3.05) is 11.5 Å². The Kier molecular flexibility index (Phi) is 4.09. The van der Waals surface area contributed by atoms with Gasteiger partial charge in [-0.2, -0.15) is 0 Å². The van der Waals surface area contributed by atoms with E-state index in [4.69, 9.17) is 0 Å². The van der Waals surface area contributed by atoms with Gasteiger partial charge in [0, 0.05) is 23.0 Å². The fourth-order valence-electron chi connectivity index (χ4n) is 4.29. The van der Waals surface area contributed by atoms with E-state index < -0.39 is 0 Å². The Morgan fingerprint density at radius 2 is 1.65 bits per heavy atom. The maximum atomic E-state index is 12.5. The van der Waals surface area contributed by atoms with E-state index in [-0.39, 0.29) is 11.5 Å². The zero-order valence-electron chi connectivity index (χ0n) is 12.9. The Bertz CT molecular complexity index is 368. The highest BCUT2D eigenvalue weighted by molar-refractivity contribution is 8.21. The summed E-state index contributed by atoms with van der Waals surface area (Å²) < 4.78 is 0.483. The van der Waals surface area contributed by atoms with Gasteiger partial charge in [-0.15, -0.1) is 23.5 Å². The van der Waals surface area contributed by atoms with Crippen molar-refractivity contribution >= 4 is 29.4 Å². The van der Waals surface area contributed by atoms with Crippen molar-refractivity contribution in [2.24, 2.45) is 17.8 Å². The number of rotatable bonds is 1. The van der Waals surface area contributed by atoms with Crippen LogP contribution in [0.2, 0.25) is 0 Å². The second-order valence-electron chi connectivity index (χ2n) is 7.65. The predicted molar refractivity (Wildman–Crippen MR) is 89.1 cm³/mol. The lowest BCUT2D eigenvalue weighted by Gasteiger charge is -2.52. The number of hydrogen-bond acceptors (Lipinski definition) is 3. The van der Waals surface area contributed by atoms with Crippen LogP contribution in [-0.4, -0.2) is 27.0 Å². The Morgan fingerprint density at radius 3 is 2.15 bits per heavy atom. The van der Waals surface area contributed by atoms with Crippen molar-refractivity contribution < 1.29 is 4.79 Å². The van der Waals surface area contributed by atoms with Crippen LogP contribution in [0, 0.1) is 17.8 Å². The second kappa shape index (κ2) is 5.42. The Balaban J connectivity index is 1.72. The first-order chi connectivity index (χ1) is 9.41. The SMILES string of the molecule is CC(C)(C)NC(=O)C1CC2CCCC(C1)C21SCCS1. The Hall–Kier alpha value is 0.170. The Labute approximate surface area is 131 Å². The van der Waals surface area contributed by atoms with Gasteiger partial charge in [-0.3, -0.25) is 4.79 Å². The lowest BCUT2D eigenvalue weighted by Crippen LogP contribution is -2.51. The summed E-state index contributed by atoms with van der Waals surface area (Å²) in [7, 11) is 0. The van der Waals surface area contributed by atoms with Crippen molar-refractivity contribution in [3.63, 3.8) is 0 Å². The van der Waals surface area contributed by atoms with Crippen LogP contribution in [0.3, 0.4) is 0 Å². The summed E-state index contributed by atoms with van der Waals surface area (Å²) in [6.45, 7) is 6.25. The average Bonchev–Trinajstić information content (AvgIpc) is 2.75. The molecule has 2 bridgehead atoms. The summed E-state index contributed by atoms with van der Waals surface area (Å²) in [4.78, 5) is 12.5. The third-order valence-corrected chi connectivity index (χ3v) is 9.01. The van der Waals surface area contributed by atoms with Gasteiger partial charge >= 0.3 is 0 Å². The number of thioether (sulfide) groups is 2. The van der Waals surface area contributed by atoms with Gasteiger partial charge in [-0.05, 0) is 58.3 Å². The summed E-state index contributed by atoms with van der Waals surface area (Å²) in [6.07, 6.45) is 6.31. The third kappa shape index (κ3) is 2.75. The molecule has 1 aliphatic heterocycles. The zero-order valence-corrected chi connectivity index (χ0v) is 14.5. The molecule has 0 aromatic carbocycles. The van der Waals surface area contributed by atoms with Gasteiger partial charge in [0.25, 0.3) is 0 Å². The number of hydrogen-bond donors (Lipinski definition) is 1. The van der Waals surface area contributed by atoms with E-state index in [0.29, 0.717) is 9.99 Å². The second-order valence-corrected chi connectivity index (χ2v) is 10.7. The molecular formula is C16H27NOS2. The normalized spacial score (nSPS) is 36.0. The van der Waals surface area contributed by atoms with Crippen molar-refractivity contribution in [3.8, 4) is 0 Å². The van der Waals surface area contributed by atoms with Gasteiger partial charge in [-0.25, -0.2) is 0 Å². The lowest BCUT2D eigenvalue weighted by atomic mass is 9.66. The molecule has 1 N–H and O–H groups in total. The monoisotopic (exact) mass is 313 g/mol. The molecule has 1 spiro atoms. The number of amides is 1. The molecule has 1 amide bonds. The van der Waals surface area contributed by atoms with E-state index in [1.165, 1.54) is 30.8 Å². The molecule has 3 rings (SSSR count). The average molecular weight is 314 g/mol. The van der Waals surface area contributed by atoms with E-state index >= 15 is 0 Å². The van der Waals surface area contributed by atoms with Crippen LogP contribution in [0.25, 0.3) is 0 Å². The minimum atomic E-state index is -0.0990. The number of carbonyl (C=O) groups is 1. The zero-order chi connectivity index (χ0) is 14.4. The molecule has 0 radical (unpaired) electrons. The van der Waals surface area contributed by atoms with Crippen LogP contribution in [0.1, 0.15) is 52.9 Å². The highest BCUT2D eigenvalue weighted by atomic mass is 32.2. The lowest BCUT2D eigenvalue weighted by molar-refractivity contribution is -0.129. The molecule has 2 aliphatic carbocycles. The highest BCUT2D eigenvalue weighted by Crippen LogP contribution is 2.64. The molecule has 1 saturated heterocycles. The largest absolute Gasteiger partial charge is 0.351 e. The topological polar surface area (TPSA) is 29.1 Å². The summed E-state index contributed by atoms with van der Waals surface area (Å²) in [6, 6.07) is 0. The van der Waals surface area contributed by atoms with Crippen molar-refractivity contribution in [1.82, 2.24) is 5.32 Å². The van der Waals surface area contributed by atoms with Crippen LogP contribution in [0.15, 0.2) is 0 Å². The molecule has 114 valence electrons. The Morgan fingerprint density at radius 1 is 1.10 bits per heavy atom. The van der Waals surface area contributed by atoms with Crippen molar-refractivity contribution in [1.29, 1.82) is 0 Å². The maximum absolute atomic E-state index is 12.5. The molecule has 2 saturated carbocycles. The molecule has 0 aromatic rings. The summed E-state index contributed by atoms with van der Waals surface area (Å²) in [5.41, 5.74) is -0.0990. The molecule has 2 atom stereocenters. The maximum Gasteiger partial charge on any atom is 0.223 e. The fourth-order valence-corrected chi connectivity index (χ4v) is 8.23. The van der Waals surface area contributed by atoms with Crippen LogP contribution in [-0.2, 0) is 4.79 Å². The van der Waals surface area contributed by atoms with Crippen molar-refractivity contribution in [3.05, 3.63) is 0 Å². The van der Waals surface area contributed by atoms with Gasteiger partial charge < -0.3 is 5.32 Å². The molecule has 4 heteroatoms. The van der Waals surface area contributed by atoms with E-state index in [0.717, 1.165) is 24.7 Å². The third-order valence-electron chi connectivity index (χ3n) is 4.99. The molecule has 0 aromatic heterocycles. The summed E-state index contributed by atoms with van der Waals surface area (Å²) >= 11 is 4.43. The predicted octanol–water partition coefficient (Wildman–Crippen LogP) is 3.90. The minimum absolute atomic E-state index is 0.0990. The summed E-state index contributed by atoms with van der Waals surface area (Å²) in [5, 5.41) is 3.20. The van der Waals surface area contributed by atoms with Gasteiger partial charge in [0.2, 0.25) is 5.91 Å². The van der Waals surface area contributed by atoms with Gasteiger partial charge in [0.1, 0.15) is 0 Å². The van der Waals surface area contributed by atoms with E-state index in [1.54, 1.807) is 0 Å². The first-order valence-electron chi connectivity index (χ1n) is 8.01. The number of carbonyl (C=O) groups excluding carboxylic acids is 1. The van der Waals surface area contributed by atoms with E-state index in [2.05, 4.69) is 49.6 Å².